The molecule has 0 atom stereocenters. The Balaban J connectivity index is 1.87. The van der Waals surface area contributed by atoms with Gasteiger partial charge in [0.05, 0.1) is 31.0 Å². The Morgan fingerprint density at radius 3 is 2.16 bits per heavy atom. The third-order valence-electron chi connectivity index (χ3n) is 4.40. The predicted molar refractivity (Wildman–Crippen MR) is 125 cm³/mol. The molecule has 0 spiro atoms. The van der Waals surface area contributed by atoms with Gasteiger partial charge >= 0.3 is 0 Å². The van der Waals surface area contributed by atoms with E-state index in [4.69, 9.17) is 9.47 Å². The molecule has 0 aliphatic rings. The molecule has 2 amide bonds. The molecule has 162 valence electrons. The van der Waals surface area contributed by atoms with Crippen LogP contribution in [0.1, 0.15) is 34.6 Å². The lowest BCUT2D eigenvalue weighted by Gasteiger charge is -2.18. The summed E-state index contributed by atoms with van der Waals surface area (Å²) in [7, 11) is 0. The Bertz CT molecular complexity index is 1050. The number of hydrogen-bond donors (Lipinski definition) is 2. The molecule has 1 aromatic heterocycles. The quantitative estimate of drug-likeness (QED) is 0.476. The maximum Gasteiger partial charge on any atom is 0.255 e. The summed E-state index contributed by atoms with van der Waals surface area (Å²) >= 11 is 1.53. The van der Waals surface area contributed by atoms with Crippen LogP contribution in [0, 0.1) is 6.92 Å². The minimum Gasteiger partial charge on any atom is -0.492 e. The second-order valence-electron chi connectivity index (χ2n) is 6.84. The van der Waals surface area contributed by atoms with Crippen molar-refractivity contribution in [1.29, 1.82) is 0 Å². The summed E-state index contributed by atoms with van der Waals surface area (Å²) in [6, 6.07) is 14.6. The molecule has 7 heteroatoms. The molecule has 0 bridgehead atoms. The lowest BCUT2D eigenvalue weighted by Crippen LogP contribution is -2.16. The van der Waals surface area contributed by atoms with E-state index in [1.807, 2.05) is 56.5 Å². The van der Waals surface area contributed by atoms with Gasteiger partial charge in [0.25, 0.3) is 5.91 Å². The summed E-state index contributed by atoms with van der Waals surface area (Å²) in [6.07, 6.45) is 0.277. The highest BCUT2D eigenvalue weighted by molar-refractivity contribution is 7.10. The highest BCUT2D eigenvalue weighted by Crippen LogP contribution is 2.37. The first-order chi connectivity index (χ1) is 15.0. The van der Waals surface area contributed by atoms with Gasteiger partial charge in [-0.2, -0.15) is 0 Å². The van der Waals surface area contributed by atoms with Gasteiger partial charge in [0.15, 0.2) is 0 Å². The summed E-state index contributed by atoms with van der Waals surface area (Å²) in [4.78, 5) is 26.2. The van der Waals surface area contributed by atoms with Crippen molar-refractivity contribution in [3.63, 3.8) is 0 Å². The van der Waals surface area contributed by atoms with Crippen LogP contribution in [0.25, 0.3) is 0 Å². The van der Waals surface area contributed by atoms with Crippen LogP contribution in [0.15, 0.2) is 53.9 Å². The summed E-state index contributed by atoms with van der Waals surface area (Å²) < 4.78 is 11.5. The number of rotatable bonds is 9. The van der Waals surface area contributed by atoms with Gasteiger partial charge in [0.1, 0.15) is 11.5 Å². The molecule has 0 saturated carbocycles. The minimum atomic E-state index is -0.249. The number of anilines is 2. The van der Waals surface area contributed by atoms with Crippen molar-refractivity contribution in [2.24, 2.45) is 0 Å². The molecule has 0 aliphatic carbocycles. The van der Waals surface area contributed by atoms with Crippen LogP contribution in [0.5, 0.6) is 11.5 Å². The maximum atomic E-state index is 12.8. The molecule has 6 nitrogen and oxygen atoms in total. The second kappa shape index (κ2) is 10.6. The topological polar surface area (TPSA) is 76.7 Å². The second-order valence-corrected chi connectivity index (χ2v) is 7.87. The van der Waals surface area contributed by atoms with Crippen LogP contribution in [0.4, 0.5) is 11.4 Å². The fourth-order valence-electron chi connectivity index (χ4n) is 3.05. The van der Waals surface area contributed by atoms with Crippen molar-refractivity contribution in [3.8, 4) is 11.5 Å². The molecule has 1 heterocycles. The molecule has 3 rings (SSSR count). The van der Waals surface area contributed by atoms with Gasteiger partial charge in [0.2, 0.25) is 5.91 Å². The van der Waals surface area contributed by atoms with Crippen molar-refractivity contribution in [2.75, 3.05) is 23.8 Å². The highest BCUT2D eigenvalue weighted by atomic mass is 32.1. The smallest absolute Gasteiger partial charge is 0.255 e. The predicted octanol–water partition coefficient (Wildman–Crippen LogP) is 5.29. The summed E-state index contributed by atoms with van der Waals surface area (Å²) in [5.74, 6) is 0.521. The van der Waals surface area contributed by atoms with Crippen molar-refractivity contribution >= 4 is 34.5 Å². The van der Waals surface area contributed by atoms with Crippen molar-refractivity contribution in [3.05, 3.63) is 69.9 Å². The molecule has 3 aromatic rings. The Hall–Kier alpha value is -3.32. The van der Waals surface area contributed by atoms with E-state index in [0.29, 0.717) is 41.7 Å². The number of thiophene rings is 1. The fraction of sp³-hybridized carbons (Fsp3) is 0.250. The van der Waals surface area contributed by atoms with Crippen LogP contribution in [-0.4, -0.2) is 25.0 Å². The molecule has 2 aromatic carbocycles. The van der Waals surface area contributed by atoms with E-state index in [0.717, 1.165) is 10.4 Å². The van der Waals surface area contributed by atoms with Gasteiger partial charge in [-0.25, -0.2) is 0 Å². The third-order valence-corrected chi connectivity index (χ3v) is 5.28. The molecular formula is C24H26N2O4S. The molecule has 0 radical (unpaired) electrons. The SMILES string of the molecule is CCOc1cc(NC(=O)c2cccc(C)c2)c(OCC)cc1NC(=O)Cc1cccs1. The first-order valence-corrected chi connectivity index (χ1v) is 11.0. The summed E-state index contributed by atoms with van der Waals surface area (Å²) in [5.41, 5.74) is 2.53. The number of ether oxygens (including phenoxy) is 2. The van der Waals surface area contributed by atoms with Crippen molar-refractivity contribution in [2.45, 2.75) is 27.2 Å². The summed E-state index contributed by atoms with van der Waals surface area (Å²) in [5, 5.41) is 7.74. The van der Waals surface area contributed by atoms with Crippen LogP contribution in [0.3, 0.4) is 0 Å². The Kier molecular flexibility index (Phi) is 7.67. The molecule has 0 aliphatic heterocycles. The van der Waals surface area contributed by atoms with Crippen molar-refractivity contribution < 1.29 is 19.1 Å². The maximum absolute atomic E-state index is 12.8. The summed E-state index contributed by atoms with van der Waals surface area (Å²) in [6.45, 7) is 6.47. The van der Waals surface area contributed by atoms with Crippen molar-refractivity contribution in [1.82, 2.24) is 0 Å². The number of nitrogens with one attached hydrogen (secondary N) is 2. The minimum absolute atomic E-state index is 0.151. The number of aryl methyl sites for hydroxylation is 1. The monoisotopic (exact) mass is 438 g/mol. The lowest BCUT2D eigenvalue weighted by molar-refractivity contribution is -0.115. The number of benzene rings is 2. The molecular weight excluding hydrogens is 412 g/mol. The zero-order valence-corrected chi connectivity index (χ0v) is 18.7. The van der Waals surface area contributed by atoms with E-state index in [1.54, 1.807) is 18.2 Å². The number of carbonyl (C=O) groups is 2. The van der Waals surface area contributed by atoms with Gasteiger partial charge in [-0.1, -0.05) is 23.8 Å². The lowest BCUT2D eigenvalue weighted by atomic mass is 10.1. The molecule has 0 saturated heterocycles. The Labute approximate surface area is 186 Å². The van der Waals surface area contributed by atoms with Crippen LogP contribution in [0.2, 0.25) is 0 Å². The van der Waals surface area contributed by atoms with Crippen LogP contribution in [-0.2, 0) is 11.2 Å². The molecule has 2 N–H and O–H groups in total. The largest absolute Gasteiger partial charge is 0.492 e. The van der Waals surface area contributed by atoms with E-state index in [2.05, 4.69) is 10.6 Å². The first-order valence-electron chi connectivity index (χ1n) is 10.1. The van der Waals surface area contributed by atoms with Crippen LogP contribution < -0.4 is 20.1 Å². The van der Waals surface area contributed by atoms with E-state index < -0.39 is 0 Å². The Morgan fingerprint density at radius 1 is 0.903 bits per heavy atom. The highest BCUT2D eigenvalue weighted by Gasteiger charge is 2.17. The van der Waals surface area contributed by atoms with Gasteiger partial charge in [-0.3, -0.25) is 9.59 Å². The zero-order chi connectivity index (χ0) is 22.2. The zero-order valence-electron chi connectivity index (χ0n) is 17.9. The number of carbonyl (C=O) groups excluding carboxylic acids is 2. The van der Waals surface area contributed by atoms with E-state index in [-0.39, 0.29) is 18.2 Å². The van der Waals surface area contributed by atoms with E-state index in [9.17, 15) is 9.59 Å². The third kappa shape index (κ3) is 6.08. The molecule has 31 heavy (non-hydrogen) atoms. The first kappa shape index (κ1) is 22.4. The van der Waals surface area contributed by atoms with Gasteiger partial charge < -0.3 is 20.1 Å². The number of hydrogen-bond acceptors (Lipinski definition) is 5. The standard InChI is InChI=1S/C24H26N2O4S/c1-4-29-21-15-20(26-24(28)17-9-6-8-16(3)12-17)22(30-5-2)14-19(21)25-23(27)13-18-10-7-11-31-18/h6-12,14-15H,4-5,13H2,1-3H3,(H,25,27)(H,26,28). The number of amides is 2. The van der Waals surface area contributed by atoms with Crippen LogP contribution >= 0.6 is 11.3 Å². The van der Waals surface area contributed by atoms with E-state index >= 15 is 0 Å². The van der Waals surface area contributed by atoms with Gasteiger partial charge in [-0.05, 0) is 44.4 Å². The fourth-order valence-corrected chi connectivity index (χ4v) is 3.76. The average molecular weight is 439 g/mol. The molecule has 0 fully saturated rings. The average Bonchev–Trinajstić information content (AvgIpc) is 3.24. The van der Waals surface area contributed by atoms with E-state index in [1.165, 1.54) is 11.3 Å². The molecule has 0 unspecified atom stereocenters. The van der Waals surface area contributed by atoms with Gasteiger partial charge in [0, 0.05) is 22.6 Å². The normalized spacial score (nSPS) is 10.4. The Morgan fingerprint density at radius 2 is 1.58 bits per heavy atom. The van der Waals surface area contributed by atoms with Gasteiger partial charge in [-0.15, -0.1) is 11.3 Å².